The van der Waals surface area contributed by atoms with Gasteiger partial charge in [0.25, 0.3) is 0 Å². The number of rotatable bonds is 6. The van der Waals surface area contributed by atoms with Gasteiger partial charge in [0.1, 0.15) is 0 Å². The van der Waals surface area contributed by atoms with Crippen LogP contribution >= 0.6 is 0 Å². The molecular formula is C10H22O2. The fourth-order valence-corrected chi connectivity index (χ4v) is 1.16. The third kappa shape index (κ3) is 5.56. The molecule has 0 saturated carbocycles. The molecule has 0 radical (unpaired) electrons. The summed E-state index contributed by atoms with van der Waals surface area (Å²) in [6.45, 7) is 7.02. The number of hydrogen-bond donors (Lipinski definition) is 1. The molecule has 0 aromatic heterocycles. The zero-order valence-corrected chi connectivity index (χ0v) is 8.71. The van der Waals surface area contributed by atoms with E-state index < -0.39 is 0 Å². The number of aliphatic hydroxyl groups is 1. The SMILES string of the molecule is COCC(C)C(O)CCC(C)C. The molecule has 12 heavy (non-hydrogen) atoms. The summed E-state index contributed by atoms with van der Waals surface area (Å²) in [4.78, 5) is 0. The molecule has 0 rings (SSSR count). The van der Waals surface area contributed by atoms with E-state index >= 15 is 0 Å². The lowest BCUT2D eigenvalue weighted by atomic mass is 9.97. The average molecular weight is 174 g/mol. The van der Waals surface area contributed by atoms with Crippen LogP contribution in [0.2, 0.25) is 0 Å². The lowest BCUT2D eigenvalue weighted by Crippen LogP contribution is -2.22. The predicted octanol–water partition coefficient (Wildman–Crippen LogP) is 2.07. The van der Waals surface area contributed by atoms with Gasteiger partial charge in [0.15, 0.2) is 0 Å². The molecule has 0 heterocycles. The van der Waals surface area contributed by atoms with Gasteiger partial charge in [0, 0.05) is 13.0 Å². The molecule has 0 amide bonds. The third-order valence-electron chi connectivity index (χ3n) is 2.13. The summed E-state index contributed by atoms with van der Waals surface area (Å²) in [5, 5.41) is 9.62. The summed E-state index contributed by atoms with van der Waals surface area (Å²) in [5.41, 5.74) is 0. The molecule has 0 saturated heterocycles. The van der Waals surface area contributed by atoms with Gasteiger partial charge in [-0.25, -0.2) is 0 Å². The Kier molecular flexibility index (Phi) is 6.39. The maximum atomic E-state index is 9.62. The van der Waals surface area contributed by atoms with Crippen molar-refractivity contribution in [2.75, 3.05) is 13.7 Å². The van der Waals surface area contributed by atoms with E-state index in [1.165, 1.54) is 0 Å². The van der Waals surface area contributed by atoms with Gasteiger partial charge >= 0.3 is 0 Å². The maximum absolute atomic E-state index is 9.62. The molecule has 0 spiro atoms. The molecule has 0 aromatic carbocycles. The average Bonchev–Trinajstić information content (AvgIpc) is 2.00. The van der Waals surface area contributed by atoms with Crippen molar-refractivity contribution < 1.29 is 9.84 Å². The fraction of sp³-hybridized carbons (Fsp3) is 1.00. The minimum absolute atomic E-state index is 0.202. The Balaban J connectivity index is 3.49. The van der Waals surface area contributed by atoms with Crippen LogP contribution in [-0.2, 0) is 4.74 Å². The highest BCUT2D eigenvalue weighted by Crippen LogP contribution is 2.13. The monoisotopic (exact) mass is 174 g/mol. The number of aliphatic hydroxyl groups excluding tert-OH is 1. The van der Waals surface area contributed by atoms with Gasteiger partial charge in [0.05, 0.1) is 12.7 Å². The first kappa shape index (κ1) is 11.9. The van der Waals surface area contributed by atoms with Gasteiger partial charge in [-0.1, -0.05) is 20.8 Å². The summed E-state index contributed by atoms with van der Waals surface area (Å²) in [5.74, 6) is 0.933. The largest absolute Gasteiger partial charge is 0.393 e. The van der Waals surface area contributed by atoms with Crippen LogP contribution in [0.4, 0.5) is 0 Å². The first-order chi connectivity index (χ1) is 5.57. The molecule has 1 N–H and O–H groups in total. The van der Waals surface area contributed by atoms with E-state index in [1.807, 2.05) is 6.92 Å². The molecule has 2 nitrogen and oxygen atoms in total. The zero-order chi connectivity index (χ0) is 9.56. The molecule has 74 valence electrons. The molecular weight excluding hydrogens is 152 g/mol. The van der Waals surface area contributed by atoms with Crippen LogP contribution in [0.1, 0.15) is 33.6 Å². The molecule has 2 unspecified atom stereocenters. The smallest absolute Gasteiger partial charge is 0.0587 e. The van der Waals surface area contributed by atoms with Gasteiger partial charge in [0.2, 0.25) is 0 Å². The molecule has 2 atom stereocenters. The highest BCUT2D eigenvalue weighted by atomic mass is 16.5. The van der Waals surface area contributed by atoms with Crippen LogP contribution in [0.15, 0.2) is 0 Å². The van der Waals surface area contributed by atoms with E-state index in [0.717, 1.165) is 12.8 Å². The number of methoxy groups -OCH3 is 1. The fourth-order valence-electron chi connectivity index (χ4n) is 1.16. The van der Waals surface area contributed by atoms with E-state index in [-0.39, 0.29) is 12.0 Å². The molecule has 0 aliphatic rings. The van der Waals surface area contributed by atoms with Crippen molar-refractivity contribution in [1.82, 2.24) is 0 Å². The lowest BCUT2D eigenvalue weighted by Gasteiger charge is -2.18. The number of ether oxygens (including phenoxy) is 1. The standard InChI is InChI=1S/C10H22O2/c1-8(2)5-6-10(11)9(3)7-12-4/h8-11H,5-7H2,1-4H3. The van der Waals surface area contributed by atoms with Crippen LogP contribution < -0.4 is 0 Å². The van der Waals surface area contributed by atoms with E-state index in [0.29, 0.717) is 12.5 Å². The van der Waals surface area contributed by atoms with Crippen LogP contribution in [-0.4, -0.2) is 24.9 Å². The third-order valence-corrected chi connectivity index (χ3v) is 2.13. The minimum Gasteiger partial charge on any atom is -0.393 e. The summed E-state index contributed by atoms with van der Waals surface area (Å²) in [7, 11) is 1.67. The Morgan fingerprint density at radius 1 is 1.17 bits per heavy atom. The Labute approximate surface area is 75.9 Å². The van der Waals surface area contributed by atoms with E-state index in [4.69, 9.17) is 4.74 Å². The second-order valence-corrected chi connectivity index (χ2v) is 3.97. The van der Waals surface area contributed by atoms with Crippen LogP contribution in [0.25, 0.3) is 0 Å². The lowest BCUT2D eigenvalue weighted by molar-refractivity contribution is 0.0487. The molecule has 0 aliphatic carbocycles. The molecule has 2 heteroatoms. The molecule has 0 fully saturated rings. The molecule has 0 bridgehead atoms. The van der Waals surface area contributed by atoms with Gasteiger partial charge in [-0.05, 0) is 18.8 Å². The van der Waals surface area contributed by atoms with E-state index in [1.54, 1.807) is 7.11 Å². The summed E-state index contributed by atoms with van der Waals surface area (Å²) in [6, 6.07) is 0. The van der Waals surface area contributed by atoms with Crippen molar-refractivity contribution >= 4 is 0 Å². The highest BCUT2D eigenvalue weighted by molar-refractivity contribution is 4.64. The van der Waals surface area contributed by atoms with Crippen LogP contribution in [0, 0.1) is 11.8 Å². The summed E-state index contributed by atoms with van der Waals surface area (Å²) < 4.78 is 4.97. The minimum atomic E-state index is -0.202. The van der Waals surface area contributed by atoms with Crippen molar-refractivity contribution in [3.8, 4) is 0 Å². The zero-order valence-electron chi connectivity index (χ0n) is 8.71. The predicted molar refractivity (Wildman–Crippen MR) is 51.1 cm³/mol. The van der Waals surface area contributed by atoms with Gasteiger partial charge in [-0.3, -0.25) is 0 Å². The van der Waals surface area contributed by atoms with Gasteiger partial charge in [-0.2, -0.15) is 0 Å². The Hall–Kier alpha value is -0.0800. The molecule has 0 aromatic rings. The maximum Gasteiger partial charge on any atom is 0.0587 e. The van der Waals surface area contributed by atoms with Crippen molar-refractivity contribution in [3.05, 3.63) is 0 Å². The van der Waals surface area contributed by atoms with Crippen molar-refractivity contribution in [3.63, 3.8) is 0 Å². The Morgan fingerprint density at radius 2 is 1.75 bits per heavy atom. The quantitative estimate of drug-likeness (QED) is 0.668. The first-order valence-electron chi connectivity index (χ1n) is 4.75. The van der Waals surface area contributed by atoms with Crippen molar-refractivity contribution in [2.24, 2.45) is 11.8 Å². The summed E-state index contributed by atoms with van der Waals surface area (Å²) in [6.07, 6.45) is 1.78. The van der Waals surface area contributed by atoms with Crippen molar-refractivity contribution in [1.29, 1.82) is 0 Å². The molecule has 0 aliphatic heterocycles. The van der Waals surface area contributed by atoms with Crippen molar-refractivity contribution in [2.45, 2.75) is 39.7 Å². The second-order valence-electron chi connectivity index (χ2n) is 3.97. The van der Waals surface area contributed by atoms with Crippen LogP contribution in [0.3, 0.4) is 0 Å². The van der Waals surface area contributed by atoms with Gasteiger partial charge in [-0.15, -0.1) is 0 Å². The Morgan fingerprint density at radius 3 is 2.17 bits per heavy atom. The first-order valence-corrected chi connectivity index (χ1v) is 4.75. The Bertz CT molecular complexity index is 102. The normalized spacial score (nSPS) is 16.5. The second kappa shape index (κ2) is 6.44. The van der Waals surface area contributed by atoms with E-state index in [9.17, 15) is 5.11 Å². The topological polar surface area (TPSA) is 29.5 Å². The number of hydrogen-bond acceptors (Lipinski definition) is 2. The van der Waals surface area contributed by atoms with E-state index in [2.05, 4.69) is 13.8 Å². The highest BCUT2D eigenvalue weighted by Gasteiger charge is 2.13. The van der Waals surface area contributed by atoms with Crippen LogP contribution in [0.5, 0.6) is 0 Å². The summed E-state index contributed by atoms with van der Waals surface area (Å²) >= 11 is 0. The van der Waals surface area contributed by atoms with Gasteiger partial charge < -0.3 is 9.84 Å².